The van der Waals surface area contributed by atoms with Crippen LogP contribution in [0.3, 0.4) is 0 Å². The van der Waals surface area contributed by atoms with Crippen molar-refractivity contribution in [3.8, 4) is 0 Å². The van der Waals surface area contributed by atoms with Crippen LogP contribution in [0.5, 0.6) is 0 Å². The molecule has 0 saturated carbocycles. The van der Waals surface area contributed by atoms with Crippen molar-refractivity contribution < 1.29 is 9.21 Å². The molecule has 1 saturated heterocycles. The van der Waals surface area contributed by atoms with Gasteiger partial charge in [-0.2, -0.15) is 0 Å². The van der Waals surface area contributed by atoms with Crippen molar-refractivity contribution in [2.45, 2.75) is 46.6 Å². The van der Waals surface area contributed by atoms with Crippen LogP contribution in [0, 0.1) is 26.7 Å². The number of furan rings is 1. The molecule has 4 nitrogen and oxygen atoms in total. The van der Waals surface area contributed by atoms with Crippen molar-refractivity contribution in [3.63, 3.8) is 0 Å². The predicted octanol–water partition coefficient (Wildman–Crippen LogP) is 3.56. The second-order valence-electron chi connectivity index (χ2n) is 6.97. The zero-order valence-corrected chi connectivity index (χ0v) is 14.5. The number of carbonyl (C=O) groups excluding carboxylic acids is 1. The molecular formula is C19H26N2O2. The van der Waals surface area contributed by atoms with E-state index in [-0.39, 0.29) is 11.9 Å². The van der Waals surface area contributed by atoms with Gasteiger partial charge in [-0.15, -0.1) is 0 Å². The van der Waals surface area contributed by atoms with Gasteiger partial charge in [0.25, 0.3) is 5.91 Å². The molecule has 4 heteroatoms. The highest BCUT2D eigenvalue weighted by Crippen LogP contribution is 2.32. The van der Waals surface area contributed by atoms with Crippen LogP contribution in [0.1, 0.15) is 47.0 Å². The van der Waals surface area contributed by atoms with E-state index in [0.717, 1.165) is 53.6 Å². The summed E-state index contributed by atoms with van der Waals surface area (Å²) < 4.78 is 6.00. The lowest BCUT2D eigenvalue weighted by atomic mass is 9.92. The third kappa shape index (κ3) is 2.76. The summed E-state index contributed by atoms with van der Waals surface area (Å²) in [6, 6.07) is 4.25. The van der Waals surface area contributed by atoms with Crippen LogP contribution >= 0.6 is 0 Å². The summed E-state index contributed by atoms with van der Waals surface area (Å²) in [5.74, 6) is 0.867. The third-order valence-corrected chi connectivity index (χ3v) is 5.17. The second kappa shape index (κ2) is 6.00. The molecule has 1 aliphatic heterocycles. The van der Waals surface area contributed by atoms with Crippen molar-refractivity contribution >= 4 is 16.9 Å². The molecule has 0 spiro atoms. The van der Waals surface area contributed by atoms with Gasteiger partial charge in [0.15, 0.2) is 5.76 Å². The van der Waals surface area contributed by atoms with Gasteiger partial charge in [-0.1, -0.05) is 12.1 Å². The van der Waals surface area contributed by atoms with Gasteiger partial charge in [-0.3, -0.25) is 4.79 Å². The molecule has 1 fully saturated rings. The number of hydrogen-bond donors (Lipinski definition) is 1. The number of fused-ring (bicyclic) bond motifs is 1. The number of hydrogen-bond acceptors (Lipinski definition) is 3. The molecule has 124 valence electrons. The van der Waals surface area contributed by atoms with Gasteiger partial charge in [-0.05, 0) is 57.6 Å². The zero-order chi connectivity index (χ0) is 16.7. The Kier molecular flexibility index (Phi) is 4.19. The molecule has 0 bridgehead atoms. The first-order chi connectivity index (χ1) is 10.9. The van der Waals surface area contributed by atoms with Crippen LogP contribution in [0.15, 0.2) is 16.5 Å². The van der Waals surface area contributed by atoms with Gasteiger partial charge in [-0.25, -0.2) is 0 Å². The quantitative estimate of drug-likeness (QED) is 0.922. The van der Waals surface area contributed by atoms with E-state index in [1.165, 1.54) is 0 Å². The van der Waals surface area contributed by atoms with Gasteiger partial charge in [0.05, 0.1) is 0 Å². The van der Waals surface area contributed by atoms with Crippen molar-refractivity contribution in [1.29, 1.82) is 0 Å². The molecule has 1 aliphatic rings. The number of nitrogens with zero attached hydrogens (tertiary/aromatic N) is 1. The number of piperidine rings is 1. The SMILES string of the molecule is Cc1ccc(C)c2c(C)c(C(=O)N3CCCC(C(C)N)C3)oc12. The van der Waals surface area contributed by atoms with Crippen LogP contribution in [0.25, 0.3) is 11.0 Å². The first-order valence-corrected chi connectivity index (χ1v) is 8.44. The monoisotopic (exact) mass is 314 g/mol. The fourth-order valence-corrected chi connectivity index (χ4v) is 3.65. The first-order valence-electron chi connectivity index (χ1n) is 8.44. The molecule has 2 N–H and O–H groups in total. The van der Waals surface area contributed by atoms with E-state index in [2.05, 4.69) is 13.0 Å². The van der Waals surface area contributed by atoms with E-state index < -0.39 is 0 Å². The van der Waals surface area contributed by atoms with Gasteiger partial charge < -0.3 is 15.1 Å². The summed E-state index contributed by atoms with van der Waals surface area (Å²) in [7, 11) is 0. The average Bonchev–Trinajstić information content (AvgIpc) is 2.89. The van der Waals surface area contributed by atoms with Crippen LogP contribution in [0.2, 0.25) is 0 Å². The number of rotatable bonds is 2. The fraction of sp³-hybridized carbons (Fsp3) is 0.526. The minimum Gasteiger partial charge on any atom is -0.450 e. The standard InChI is InChI=1S/C19H26N2O2/c1-11-7-8-12(2)17-16(11)13(3)18(23-17)19(22)21-9-5-6-15(10-21)14(4)20/h7-8,14-15H,5-6,9-10,20H2,1-4H3. The maximum absolute atomic E-state index is 13.0. The van der Waals surface area contributed by atoms with Gasteiger partial charge in [0.1, 0.15) is 5.58 Å². The highest BCUT2D eigenvalue weighted by atomic mass is 16.3. The molecular weight excluding hydrogens is 288 g/mol. The normalized spacial score (nSPS) is 20.0. The summed E-state index contributed by atoms with van der Waals surface area (Å²) in [4.78, 5) is 14.9. The summed E-state index contributed by atoms with van der Waals surface area (Å²) in [5.41, 5.74) is 10.1. The highest BCUT2D eigenvalue weighted by molar-refractivity contribution is 6.00. The van der Waals surface area contributed by atoms with E-state index in [1.54, 1.807) is 0 Å². The molecule has 0 aliphatic carbocycles. The Balaban J connectivity index is 1.97. The number of nitrogens with two attached hydrogens (primary N) is 1. The summed E-state index contributed by atoms with van der Waals surface area (Å²) in [5, 5.41) is 1.08. The molecule has 2 heterocycles. The number of carbonyl (C=O) groups is 1. The Hall–Kier alpha value is -1.81. The Labute approximate surface area is 137 Å². The molecule has 1 amide bonds. The fourth-order valence-electron chi connectivity index (χ4n) is 3.65. The molecule has 2 atom stereocenters. The Bertz CT molecular complexity index is 745. The minimum atomic E-state index is 0.00264. The van der Waals surface area contributed by atoms with E-state index in [1.807, 2.05) is 31.7 Å². The average molecular weight is 314 g/mol. The molecule has 3 rings (SSSR count). The Morgan fingerprint density at radius 3 is 2.65 bits per heavy atom. The number of amides is 1. The summed E-state index contributed by atoms with van der Waals surface area (Å²) in [6.07, 6.45) is 2.11. The van der Waals surface area contributed by atoms with Gasteiger partial charge >= 0.3 is 0 Å². The molecule has 1 aromatic heterocycles. The van der Waals surface area contributed by atoms with Crippen molar-refractivity contribution in [1.82, 2.24) is 4.90 Å². The summed E-state index contributed by atoms with van der Waals surface area (Å²) >= 11 is 0. The van der Waals surface area contributed by atoms with Crippen LogP contribution in [-0.2, 0) is 0 Å². The van der Waals surface area contributed by atoms with Crippen LogP contribution in [-0.4, -0.2) is 29.9 Å². The Morgan fingerprint density at radius 2 is 2.00 bits per heavy atom. The number of likely N-dealkylation sites (tertiary alicyclic amines) is 1. The van der Waals surface area contributed by atoms with Crippen molar-refractivity contribution in [3.05, 3.63) is 34.6 Å². The Morgan fingerprint density at radius 1 is 1.30 bits per heavy atom. The lowest BCUT2D eigenvalue weighted by Crippen LogP contribution is -2.45. The van der Waals surface area contributed by atoms with E-state index in [9.17, 15) is 4.79 Å². The largest absolute Gasteiger partial charge is 0.450 e. The van der Waals surface area contributed by atoms with Crippen LogP contribution in [0.4, 0.5) is 0 Å². The van der Waals surface area contributed by atoms with E-state index in [0.29, 0.717) is 11.7 Å². The molecule has 23 heavy (non-hydrogen) atoms. The van der Waals surface area contributed by atoms with Crippen molar-refractivity contribution in [2.75, 3.05) is 13.1 Å². The van der Waals surface area contributed by atoms with Crippen molar-refractivity contribution in [2.24, 2.45) is 11.7 Å². The lowest BCUT2D eigenvalue weighted by molar-refractivity contribution is 0.0630. The molecule has 1 aromatic carbocycles. The molecule has 2 unspecified atom stereocenters. The smallest absolute Gasteiger partial charge is 0.289 e. The van der Waals surface area contributed by atoms with Gasteiger partial charge in [0.2, 0.25) is 0 Å². The maximum atomic E-state index is 13.0. The topological polar surface area (TPSA) is 59.5 Å². The van der Waals surface area contributed by atoms with E-state index >= 15 is 0 Å². The zero-order valence-electron chi connectivity index (χ0n) is 14.5. The maximum Gasteiger partial charge on any atom is 0.289 e. The third-order valence-electron chi connectivity index (χ3n) is 5.17. The number of benzene rings is 1. The molecule has 2 aromatic rings. The lowest BCUT2D eigenvalue weighted by Gasteiger charge is -2.34. The first kappa shape index (κ1) is 16.1. The number of aryl methyl sites for hydroxylation is 3. The predicted molar refractivity (Wildman–Crippen MR) is 92.7 cm³/mol. The van der Waals surface area contributed by atoms with E-state index in [4.69, 9.17) is 10.2 Å². The summed E-state index contributed by atoms with van der Waals surface area (Å²) in [6.45, 7) is 9.61. The molecule has 0 radical (unpaired) electrons. The second-order valence-corrected chi connectivity index (χ2v) is 6.97. The van der Waals surface area contributed by atoms with Gasteiger partial charge in [0, 0.05) is 30.1 Å². The highest BCUT2D eigenvalue weighted by Gasteiger charge is 2.30. The van der Waals surface area contributed by atoms with Crippen LogP contribution < -0.4 is 5.73 Å². The minimum absolute atomic E-state index is 0.00264.